The number of hydrogen-bond acceptors (Lipinski definition) is 5. The zero-order valence-corrected chi connectivity index (χ0v) is 17.9. The first kappa shape index (κ1) is 21.6. The number of carbonyl (C=O) groups excluding carboxylic acids is 1. The SMILES string of the molecule is CCCCn1c(=O)n(CC(=O)N[C@@H](C)C(C)C)c(=O)c2c1ncn2Cc1ccco1. The van der Waals surface area contributed by atoms with Gasteiger partial charge in [-0.25, -0.2) is 14.3 Å². The zero-order valence-electron chi connectivity index (χ0n) is 17.9. The molecule has 30 heavy (non-hydrogen) atoms. The first-order chi connectivity index (χ1) is 14.3. The topological polar surface area (TPSA) is 104 Å². The van der Waals surface area contributed by atoms with Crippen LogP contribution in [0.15, 0.2) is 38.7 Å². The molecule has 0 radical (unpaired) electrons. The lowest BCUT2D eigenvalue weighted by Crippen LogP contribution is -2.46. The number of nitrogens with one attached hydrogen (secondary N) is 1. The summed E-state index contributed by atoms with van der Waals surface area (Å²) in [6, 6.07) is 3.51. The van der Waals surface area contributed by atoms with E-state index in [2.05, 4.69) is 10.3 Å². The Morgan fingerprint density at radius 3 is 2.63 bits per heavy atom. The third-order valence-electron chi connectivity index (χ3n) is 5.32. The smallest absolute Gasteiger partial charge is 0.333 e. The van der Waals surface area contributed by atoms with Crippen molar-refractivity contribution in [3.63, 3.8) is 0 Å². The predicted molar refractivity (Wildman–Crippen MR) is 113 cm³/mol. The molecule has 3 rings (SSSR count). The number of aromatic nitrogens is 4. The largest absolute Gasteiger partial charge is 0.467 e. The van der Waals surface area contributed by atoms with E-state index < -0.39 is 11.2 Å². The van der Waals surface area contributed by atoms with E-state index in [4.69, 9.17) is 4.42 Å². The molecular formula is C21H29N5O4. The molecule has 0 aliphatic heterocycles. The summed E-state index contributed by atoms with van der Waals surface area (Å²) in [7, 11) is 0. The van der Waals surface area contributed by atoms with Gasteiger partial charge in [0.15, 0.2) is 11.2 Å². The second kappa shape index (κ2) is 9.15. The highest BCUT2D eigenvalue weighted by Crippen LogP contribution is 2.11. The predicted octanol–water partition coefficient (Wildman–Crippen LogP) is 1.96. The van der Waals surface area contributed by atoms with E-state index in [1.807, 2.05) is 27.7 Å². The van der Waals surface area contributed by atoms with Gasteiger partial charge in [0.05, 0.1) is 19.1 Å². The minimum Gasteiger partial charge on any atom is -0.467 e. The maximum absolute atomic E-state index is 13.2. The number of unbranched alkanes of at least 4 members (excludes halogenated alkanes) is 1. The molecule has 3 aromatic heterocycles. The van der Waals surface area contributed by atoms with Crippen LogP contribution in [0.4, 0.5) is 0 Å². The monoisotopic (exact) mass is 415 g/mol. The van der Waals surface area contributed by atoms with Gasteiger partial charge in [0.1, 0.15) is 12.3 Å². The molecule has 1 N–H and O–H groups in total. The second-order valence-electron chi connectivity index (χ2n) is 7.90. The van der Waals surface area contributed by atoms with Crippen LogP contribution in [0.1, 0.15) is 46.3 Å². The average Bonchev–Trinajstić information content (AvgIpc) is 3.35. The molecule has 0 spiro atoms. The molecule has 0 saturated carbocycles. The quantitative estimate of drug-likeness (QED) is 0.575. The van der Waals surface area contributed by atoms with Gasteiger partial charge < -0.3 is 14.3 Å². The van der Waals surface area contributed by atoms with Crippen LogP contribution < -0.4 is 16.6 Å². The standard InChI is InChI=1S/C21H29N5O4/c1-5-6-9-25-19-18(24(13-22-19)11-16-8-7-10-30-16)20(28)26(21(25)29)12-17(27)23-15(4)14(2)3/h7-8,10,13-15H,5-6,9,11-12H2,1-4H3,(H,23,27)/t15-/m0/s1. The molecule has 0 fully saturated rings. The van der Waals surface area contributed by atoms with Gasteiger partial charge in [-0.3, -0.25) is 14.2 Å². The normalized spacial score (nSPS) is 12.6. The summed E-state index contributed by atoms with van der Waals surface area (Å²) in [5.74, 6) is 0.535. The first-order valence-corrected chi connectivity index (χ1v) is 10.3. The van der Waals surface area contributed by atoms with Gasteiger partial charge in [-0.15, -0.1) is 0 Å². The van der Waals surface area contributed by atoms with Crippen molar-refractivity contribution < 1.29 is 9.21 Å². The molecule has 3 heterocycles. The summed E-state index contributed by atoms with van der Waals surface area (Å²) in [4.78, 5) is 43.1. The highest BCUT2D eigenvalue weighted by atomic mass is 16.3. The molecule has 1 amide bonds. The van der Waals surface area contributed by atoms with Crippen molar-refractivity contribution in [2.45, 2.75) is 66.2 Å². The Labute approximate surface area is 174 Å². The molecular weight excluding hydrogens is 386 g/mol. The summed E-state index contributed by atoms with van der Waals surface area (Å²) < 4.78 is 9.53. The third kappa shape index (κ3) is 4.39. The van der Waals surface area contributed by atoms with Crippen molar-refractivity contribution >= 4 is 17.1 Å². The fourth-order valence-electron chi connectivity index (χ4n) is 3.20. The molecule has 162 valence electrons. The molecule has 0 saturated heterocycles. The Kier molecular flexibility index (Phi) is 6.59. The molecule has 9 nitrogen and oxygen atoms in total. The number of amides is 1. The summed E-state index contributed by atoms with van der Waals surface area (Å²) in [5.41, 5.74) is -0.431. The minimum atomic E-state index is -0.529. The summed E-state index contributed by atoms with van der Waals surface area (Å²) in [6.07, 6.45) is 4.73. The Morgan fingerprint density at radius 1 is 1.23 bits per heavy atom. The van der Waals surface area contributed by atoms with Crippen LogP contribution in [0, 0.1) is 5.92 Å². The maximum atomic E-state index is 13.2. The fourth-order valence-corrected chi connectivity index (χ4v) is 3.20. The number of hydrogen-bond donors (Lipinski definition) is 1. The van der Waals surface area contributed by atoms with Gasteiger partial charge in [0, 0.05) is 12.6 Å². The molecule has 1 atom stereocenters. The molecule has 9 heteroatoms. The number of fused-ring (bicyclic) bond motifs is 1. The summed E-state index contributed by atoms with van der Waals surface area (Å²) in [6.45, 7) is 8.31. The zero-order chi connectivity index (χ0) is 21.8. The lowest BCUT2D eigenvalue weighted by atomic mass is 10.1. The van der Waals surface area contributed by atoms with E-state index in [0.29, 0.717) is 24.5 Å². The van der Waals surface area contributed by atoms with Crippen molar-refractivity contribution in [2.75, 3.05) is 0 Å². The molecule has 0 bridgehead atoms. The van der Waals surface area contributed by atoms with Crippen LogP contribution in [0.2, 0.25) is 0 Å². The average molecular weight is 415 g/mol. The van der Waals surface area contributed by atoms with Crippen molar-refractivity contribution in [1.82, 2.24) is 24.0 Å². The van der Waals surface area contributed by atoms with E-state index >= 15 is 0 Å². The lowest BCUT2D eigenvalue weighted by Gasteiger charge is -2.18. The Morgan fingerprint density at radius 2 is 2.00 bits per heavy atom. The van der Waals surface area contributed by atoms with Crippen LogP contribution in [-0.2, 0) is 24.4 Å². The van der Waals surface area contributed by atoms with E-state index in [1.54, 1.807) is 23.0 Å². The Bertz CT molecular complexity index is 1120. The van der Waals surface area contributed by atoms with Crippen LogP contribution in [0.5, 0.6) is 0 Å². The highest BCUT2D eigenvalue weighted by molar-refractivity contribution is 5.77. The van der Waals surface area contributed by atoms with Crippen LogP contribution >= 0.6 is 0 Å². The lowest BCUT2D eigenvalue weighted by molar-refractivity contribution is -0.122. The second-order valence-corrected chi connectivity index (χ2v) is 7.90. The number of rotatable bonds is 9. The fraction of sp³-hybridized carbons (Fsp3) is 0.524. The molecule has 0 aromatic carbocycles. The van der Waals surface area contributed by atoms with Gasteiger partial charge in [0.2, 0.25) is 5.91 Å². The van der Waals surface area contributed by atoms with Crippen LogP contribution in [0.3, 0.4) is 0 Å². The number of aryl methyl sites for hydroxylation is 1. The summed E-state index contributed by atoms with van der Waals surface area (Å²) in [5, 5.41) is 2.85. The number of furan rings is 1. The molecule has 3 aromatic rings. The van der Waals surface area contributed by atoms with Gasteiger partial charge in [-0.2, -0.15) is 0 Å². The summed E-state index contributed by atoms with van der Waals surface area (Å²) >= 11 is 0. The third-order valence-corrected chi connectivity index (χ3v) is 5.32. The first-order valence-electron chi connectivity index (χ1n) is 10.3. The number of nitrogens with zero attached hydrogens (tertiary/aromatic N) is 4. The Balaban J connectivity index is 2.07. The van der Waals surface area contributed by atoms with E-state index in [1.165, 1.54) is 10.9 Å². The van der Waals surface area contributed by atoms with E-state index in [-0.39, 0.29) is 29.9 Å². The van der Waals surface area contributed by atoms with Gasteiger partial charge in [-0.1, -0.05) is 27.2 Å². The van der Waals surface area contributed by atoms with Crippen LogP contribution in [-0.4, -0.2) is 30.6 Å². The molecule has 0 unspecified atom stereocenters. The van der Waals surface area contributed by atoms with Gasteiger partial charge >= 0.3 is 5.69 Å². The number of imidazole rings is 1. The van der Waals surface area contributed by atoms with Gasteiger partial charge in [0.25, 0.3) is 5.56 Å². The van der Waals surface area contributed by atoms with E-state index in [9.17, 15) is 14.4 Å². The Hall–Kier alpha value is -3.10. The highest BCUT2D eigenvalue weighted by Gasteiger charge is 2.21. The number of carbonyl (C=O) groups is 1. The van der Waals surface area contributed by atoms with E-state index in [0.717, 1.165) is 17.4 Å². The molecule has 0 aliphatic carbocycles. The van der Waals surface area contributed by atoms with Crippen LogP contribution in [0.25, 0.3) is 11.2 Å². The van der Waals surface area contributed by atoms with Crippen molar-refractivity contribution in [1.29, 1.82) is 0 Å². The van der Waals surface area contributed by atoms with Crippen molar-refractivity contribution in [3.8, 4) is 0 Å². The maximum Gasteiger partial charge on any atom is 0.333 e. The minimum absolute atomic E-state index is 0.0660. The van der Waals surface area contributed by atoms with Crippen molar-refractivity contribution in [3.05, 3.63) is 51.3 Å². The molecule has 0 aliphatic rings. The van der Waals surface area contributed by atoms with Crippen molar-refractivity contribution in [2.24, 2.45) is 5.92 Å². The van der Waals surface area contributed by atoms with Gasteiger partial charge in [-0.05, 0) is 31.4 Å².